The Morgan fingerprint density at radius 2 is 1.86 bits per heavy atom. The molecule has 3 aliphatic heterocycles. The Labute approximate surface area is 210 Å². The number of para-hydroxylation sites is 1. The van der Waals surface area contributed by atoms with Crippen LogP contribution in [0, 0.1) is 6.92 Å². The third-order valence-corrected chi connectivity index (χ3v) is 10.0. The predicted octanol–water partition coefficient (Wildman–Crippen LogP) is 4.51. The molecule has 2 atom stereocenters. The standard InChI is InChI=1S/C28H27N3O4S/c1-18-8-10-19(11-9-18)36(32,33)31-22-7-5-4-6-21(22)28-13-15-30(2)17-27(28,31)25-20-12-14-29-26(20)24(34-3)16-23(25)35-28/h4-12,14,16,29H,13,15,17H2,1-3H3/t27-,28-/m0/s1. The fourth-order valence-electron chi connectivity index (χ4n) is 6.69. The second kappa shape index (κ2) is 7.05. The van der Waals surface area contributed by atoms with Crippen molar-refractivity contribution in [2.24, 2.45) is 0 Å². The van der Waals surface area contributed by atoms with E-state index in [1.54, 1.807) is 23.5 Å². The fourth-order valence-corrected chi connectivity index (χ4v) is 8.51. The van der Waals surface area contributed by atoms with E-state index < -0.39 is 21.2 Å². The van der Waals surface area contributed by atoms with Crippen molar-refractivity contribution in [1.29, 1.82) is 0 Å². The van der Waals surface area contributed by atoms with Crippen molar-refractivity contribution < 1.29 is 17.9 Å². The molecular weight excluding hydrogens is 474 g/mol. The lowest BCUT2D eigenvalue weighted by molar-refractivity contribution is -0.0308. The van der Waals surface area contributed by atoms with Gasteiger partial charge in [0, 0.05) is 48.3 Å². The van der Waals surface area contributed by atoms with Gasteiger partial charge in [0.15, 0.2) is 5.60 Å². The van der Waals surface area contributed by atoms with Crippen molar-refractivity contribution in [2.45, 2.75) is 29.4 Å². The number of anilines is 1. The highest BCUT2D eigenvalue weighted by atomic mass is 32.2. The molecular formula is C28H27N3O4S. The van der Waals surface area contributed by atoms with Crippen LogP contribution in [0.25, 0.3) is 10.9 Å². The number of hydrogen-bond acceptors (Lipinski definition) is 5. The Bertz CT molecular complexity index is 1650. The van der Waals surface area contributed by atoms with E-state index in [-0.39, 0.29) is 4.90 Å². The molecule has 1 aromatic heterocycles. The maximum absolute atomic E-state index is 14.6. The maximum atomic E-state index is 14.6. The van der Waals surface area contributed by atoms with Gasteiger partial charge in [-0.1, -0.05) is 35.9 Å². The summed E-state index contributed by atoms with van der Waals surface area (Å²) in [5.74, 6) is 1.35. The Balaban J connectivity index is 1.62. The summed E-state index contributed by atoms with van der Waals surface area (Å²) in [5.41, 5.74) is 2.48. The minimum atomic E-state index is -3.96. The van der Waals surface area contributed by atoms with Crippen LogP contribution in [0.4, 0.5) is 5.69 Å². The van der Waals surface area contributed by atoms with Gasteiger partial charge >= 0.3 is 0 Å². The molecule has 184 valence electrons. The lowest BCUT2D eigenvalue weighted by Crippen LogP contribution is -2.64. The number of ether oxygens (including phenoxy) is 2. The molecule has 1 N–H and O–H groups in total. The van der Waals surface area contributed by atoms with E-state index in [1.807, 2.05) is 68.7 Å². The van der Waals surface area contributed by atoms with Crippen molar-refractivity contribution in [3.8, 4) is 11.5 Å². The molecule has 7 nitrogen and oxygen atoms in total. The van der Waals surface area contributed by atoms with Gasteiger partial charge in [-0.3, -0.25) is 0 Å². The Morgan fingerprint density at radius 3 is 2.64 bits per heavy atom. The van der Waals surface area contributed by atoms with Crippen LogP contribution in [-0.4, -0.2) is 45.5 Å². The third-order valence-electron chi connectivity index (χ3n) is 8.17. The number of piperidine rings is 1. The summed E-state index contributed by atoms with van der Waals surface area (Å²) in [6.45, 7) is 3.24. The number of rotatable bonds is 3. The zero-order valence-electron chi connectivity index (χ0n) is 20.4. The van der Waals surface area contributed by atoms with E-state index >= 15 is 0 Å². The number of nitrogens with zero attached hydrogens (tertiary/aromatic N) is 2. The molecule has 4 heterocycles. The molecule has 1 saturated heterocycles. The summed E-state index contributed by atoms with van der Waals surface area (Å²) in [6.07, 6.45) is 2.53. The summed E-state index contributed by atoms with van der Waals surface area (Å²) < 4.78 is 43.6. The number of fused-ring (bicyclic) bond motifs is 4. The van der Waals surface area contributed by atoms with Crippen LogP contribution < -0.4 is 13.8 Å². The van der Waals surface area contributed by atoms with E-state index in [0.717, 1.165) is 34.1 Å². The van der Waals surface area contributed by atoms with Crippen LogP contribution in [-0.2, 0) is 21.2 Å². The minimum absolute atomic E-state index is 0.272. The summed E-state index contributed by atoms with van der Waals surface area (Å²) in [6, 6.07) is 18.8. The van der Waals surface area contributed by atoms with Crippen LogP contribution in [0.5, 0.6) is 11.5 Å². The molecule has 3 aliphatic rings. The third kappa shape index (κ3) is 2.43. The fraction of sp³-hybridized carbons (Fsp3) is 0.286. The van der Waals surface area contributed by atoms with E-state index in [2.05, 4.69) is 9.88 Å². The van der Waals surface area contributed by atoms with Gasteiger partial charge in [0.05, 0.1) is 23.2 Å². The van der Waals surface area contributed by atoms with Crippen LogP contribution >= 0.6 is 0 Å². The first kappa shape index (κ1) is 21.8. The number of benzene rings is 3. The number of likely N-dealkylation sites (tertiary alicyclic amines) is 1. The van der Waals surface area contributed by atoms with Gasteiger partial charge < -0.3 is 19.4 Å². The van der Waals surface area contributed by atoms with E-state index in [4.69, 9.17) is 9.47 Å². The number of methoxy groups -OCH3 is 1. The zero-order valence-corrected chi connectivity index (χ0v) is 21.2. The van der Waals surface area contributed by atoms with Gasteiger partial charge in [-0.2, -0.15) is 0 Å². The summed E-state index contributed by atoms with van der Waals surface area (Å²) >= 11 is 0. The van der Waals surface area contributed by atoms with Crippen molar-refractivity contribution in [2.75, 3.05) is 31.6 Å². The molecule has 0 bridgehead atoms. The molecule has 0 radical (unpaired) electrons. The molecule has 0 spiro atoms. The first-order valence-electron chi connectivity index (χ1n) is 12.1. The normalized spacial score (nSPS) is 24.7. The van der Waals surface area contributed by atoms with Crippen molar-refractivity contribution in [1.82, 2.24) is 9.88 Å². The van der Waals surface area contributed by atoms with Crippen molar-refractivity contribution in [3.63, 3.8) is 0 Å². The van der Waals surface area contributed by atoms with Gasteiger partial charge in [-0.05, 0) is 38.2 Å². The molecule has 0 amide bonds. The molecule has 36 heavy (non-hydrogen) atoms. The van der Waals surface area contributed by atoms with E-state index in [1.165, 1.54) is 0 Å². The topological polar surface area (TPSA) is 74.9 Å². The van der Waals surface area contributed by atoms with Crippen molar-refractivity contribution in [3.05, 3.63) is 83.6 Å². The first-order chi connectivity index (χ1) is 17.3. The molecule has 0 saturated carbocycles. The van der Waals surface area contributed by atoms with Crippen LogP contribution in [0.15, 0.2) is 71.8 Å². The molecule has 0 aliphatic carbocycles. The Morgan fingerprint density at radius 1 is 1.08 bits per heavy atom. The predicted molar refractivity (Wildman–Crippen MR) is 138 cm³/mol. The summed E-state index contributed by atoms with van der Waals surface area (Å²) in [5, 5.41) is 0.915. The number of aromatic nitrogens is 1. The second-order valence-corrected chi connectivity index (χ2v) is 11.9. The SMILES string of the molecule is COc1cc2c(c3cc[nH]c13)[C@@]13CN(C)CC[C@]1(O2)c1ccccc1N3S(=O)(=O)c1ccc(C)cc1. The zero-order chi connectivity index (χ0) is 24.9. The summed E-state index contributed by atoms with van der Waals surface area (Å²) in [7, 11) is -0.269. The molecule has 1 fully saturated rings. The number of aryl methyl sites for hydroxylation is 1. The highest BCUT2D eigenvalue weighted by molar-refractivity contribution is 7.93. The van der Waals surface area contributed by atoms with Crippen molar-refractivity contribution >= 4 is 26.6 Å². The average molecular weight is 502 g/mol. The van der Waals surface area contributed by atoms with Gasteiger partial charge in [-0.25, -0.2) is 12.7 Å². The largest absolute Gasteiger partial charge is 0.494 e. The van der Waals surface area contributed by atoms with Crippen LogP contribution in [0.2, 0.25) is 0 Å². The molecule has 8 heteroatoms. The van der Waals surface area contributed by atoms with Gasteiger partial charge in [-0.15, -0.1) is 0 Å². The Kier molecular flexibility index (Phi) is 4.26. The van der Waals surface area contributed by atoms with E-state index in [9.17, 15) is 8.42 Å². The quantitative estimate of drug-likeness (QED) is 0.447. The number of aromatic amines is 1. The monoisotopic (exact) mass is 501 g/mol. The van der Waals surface area contributed by atoms with Gasteiger partial charge in [0.2, 0.25) is 0 Å². The van der Waals surface area contributed by atoms with Crippen LogP contribution in [0.1, 0.15) is 23.1 Å². The van der Waals surface area contributed by atoms with E-state index in [0.29, 0.717) is 30.2 Å². The highest BCUT2D eigenvalue weighted by Crippen LogP contribution is 2.68. The number of sulfonamides is 1. The van der Waals surface area contributed by atoms with Gasteiger partial charge in [0.25, 0.3) is 10.0 Å². The first-order valence-corrected chi connectivity index (χ1v) is 13.6. The lowest BCUT2D eigenvalue weighted by Gasteiger charge is -2.50. The van der Waals surface area contributed by atoms with Gasteiger partial charge in [0.1, 0.15) is 17.0 Å². The van der Waals surface area contributed by atoms with Crippen LogP contribution in [0.3, 0.4) is 0 Å². The number of likely N-dealkylation sites (N-methyl/N-ethyl adjacent to an activating group) is 1. The summed E-state index contributed by atoms with van der Waals surface area (Å²) in [4.78, 5) is 5.78. The second-order valence-electron chi connectivity index (χ2n) is 10.1. The smallest absolute Gasteiger partial charge is 0.265 e. The lowest BCUT2D eigenvalue weighted by atomic mass is 9.70. The molecule has 4 aromatic rings. The molecule has 3 aromatic carbocycles. The highest BCUT2D eigenvalue weighted by Gasteiger charge is 2.73. The minimum Gasteiger partial charge on any atom is -0.494 e. The average Bonchev–Trinajstić information content (AvgIpc) is 3.51. The Hall–Kier alpha value is -3.49. The number of hydrogen-bond donors (Lipinski definition) is 1. The number of nitrogens with one attached hydrogen (secondary N) is 1. The maximum Gasteiger partial charge on any atom is 0.265 e. The molecule has 7 rings (SSSR count). The number of H-pyrrole nitrogens is 1. The molecule has 0 unspecified atom stereocenters.